The summed E-state index contributed by atoms with van der Waals surface area (Å²) >= 11 is 0. The van der Waals surface area contributed by atoms with Crippen molar-refractivity contribution in [2.45, 2.75) is 77.5 Å². The molecule has 0 fully saturated rings. The highest BCUT2D eigenvalue weighted by Gasteiger charge is 2.33. The number of hydrogen-bond donors (Lipinski definition) is 6. The Kier molecular flexibility index (Phi) is 12.6. The van der Waals surface area contributed by atoms with Crippen LogP contribution in [0.25, 0.3) is 0 Å². The first kappa shape index (κ1) is 30.6. The Morgan fingerprint density at radius 2 is 1.42 bits per heavy atom. The Morgan fingerprint density at radius 1 is 0.861 bits per heavy atom. The predicted molar refractivity (Wildman–Crippen MR) is 133 cm³/mol. The molecule has 200 valence electrons. The van der Waals surface area contributed by atoms with Crippen molar-refractivity contribution in [1.82, 2.24) is 16.0 Å². The van der Waals surface area contributed by atoms with Crippen LogP contribution >= 0.6 is 0 Å². The summed E-state index contributed by atoms with van der Waals surface area (Å²) in [5.41, 5.74) is 6.68. The molecule has 7 N–H and O–H groups in total. The summed E-state index contributed by atoms with van der Waals surface area (Å²) in [7, 11) is 0. The van der Waals surface area contributed by atoms with Gasteiger partial charge in [-0.3, -0.25) is 19.2 Å². The van der Waals surface area contributed by atoms with E-state index in [0.717, 1.165) is 5.56 Å². The van der Waals surface area contributed by atoms with Crippen molar-refractivity contribution in [2.75, 3.05) is 0 Å². The second-order valence-corrected chi connectivity index (χ2v) is 9.36. The molecule has 0 aromatic heterocycles. The number of nitrogens with two attached hydrogens (primary N) is 1. The highest BCUT2D eigenvalue weighted by atomic mass is 16.4. The van der Waals surface area contributed by atoms with Gasteiger partial charge >= 0.3 is 11.9 Å². The van der Waals surface area contributed by atoms with Crippen LogP contribution in [0.2, 0.25) is 0 Å². The van der Waals surface area contributed by atoms with Gasteiger partial charge in [0.15, 0.2) is 0 Å². The van der Waals surface area contributed by atoms with E-state index in [4.69, 9.17) is 5.73 Å². The Hall–Kier alpha value is -3.47. The zero-order chi connectivity index (χ0) is 27.4. The number of amides is 3. The van der Waals surface area contributed by atoms with Crippen molar-refractivity contribution in [3.63, 3.8) is 0 Å². The largest absolute Gasteiger partial charge is 0.481 e. The minimum Gasteiger partial charge on any atom is -0.481 e. The van der Waals surface area contributed by atoms with Gasteiger partial charge in [-0.1, -0.05) is 64.4 Å². The molecule has 1 aromatic rings. The minimum absolute atomic E-state index is 0.0683. The molecule has 0 radical (unpaired) electrons. The molecule has 11 heteroatoms. The quantitative estimate of drug-likeness (QED) is 0.200. The number of rotatable bonds is 15. The van der Waals surface area contributed by atoms with Gasteiger partial charge in [0.05, 0.1) is 12.5 Å². The fraction of sp³-hybridized carbons (Fsp3) is 0.560. The monoisotopic (exact) mass is 506 g/mol. The molecule has 3 amide bonds. The number of benzene rings is 1. The Bertz CT molecular complexity index is 907. The van der Waals surface area contributed by atoms with E-state index in [1.54, 1.807) is 44.2 Å². The van der Waals surface area contributed by atoms with E-state index in [0.29, 0.717) is 12.8 Å². The number of nitrogens with one attached hydrogen (secondary N) is 3. The van der Waals surface area contributed by atoms with Gasteiger partial charge in [0.25, 0.3) is 0 Å². The highest BCUT2D eigenvalue weighted by molar-refractivity contribution is 5.95. The average molecular weight is 507 g/mol. The summed E-state index contributed by atoms with van der Waals surface area (Å²) in [4.78, 5) is 61.7. The van der Waals surface area contributed by atoms with Crippen LogP contribution in [0.5, 0.6) is 0 Å². The third kappa shape index (κ3) is 10.4. The Morgan fingerprint density at radius 3 is 1.92 bits per heavy atom. The number of hydrogen-bond acceptors (Lipinski definition) is 6. The van der Waals surface area contributed by atoms with E-state index in [-0.39, 0.29) is 12.3 Å². The Balaban J connectivity index is 3.13. The van der Waals surface area contributed by atoms with Gasteiger partial charge < -0.3 is 31.9 Å². The molecule has 0 bridgehead atoms. The van der Waals surface area contributed by atoms with Crippen molar-refractivity contribution >= 4 is 29.7 Å². The molecule has 5 unspecified atom stereocenters. The lowest BCUT2D eigenvalue weighted by Crippen LogP contribution is -2.58. The van der Waals surface area contributed by atoms with Crippen LogP contribution in [0.1, 0.15) is 52.5 Å². The normalized spacial score (nSPS) is 15.2. The van der Waals surface area contributed by atoms with Crippen LogP contribution in [-0.2, 0) is 30.4 Å². The zero-order valence-electron chi connectivity index (χ0n) is 21.2. The fourth-order valence-corrected chi connectivity index (χ4v) is 3.55. The molecule has 1 rings (SSSR count). The van der Waals surface area contributed by atoms with Crippen molar-refractivity contribution in [3.8, 4) is 0 Å². The number of carbonyl (C=O) groups excluding carboxylic acids is 3. The lowest BCUT2D eigenvalue weighted by atomic mass is 9.98. The lowest BCUT2D eigenvalue weighted by Gasteiger charge is -2.26. The molecule has 0 aliphatic heterocycles. The van der Waals surface area contributed by atoms with Crippen LogP contribution in [0.4, 0.5) is 0 Å². The smallest absolute Gasteiger partial charge is 0.326 e. The Labute approximate surface area is 211 Å². The van der Waals surface area contributed by atoms with Gasteiger partial charge in [0.1, 0.15) is 18.1 Å². The predicted octanol–water partition coefficient (Wildman–Crippen LogP) is 0.662. The molecular formula is C25H38N4O7. The maximum absolute atomic E-state index is 13.2. The standard InChI is InChI=1S/C25H38N4O7/c1-5-15(4)21(25(35)36)29-24(34)19(13-20(30)31)28-23(33)18(12-16-9-7-6-8-10-16)27-22(32)17(26)11-14(2)3/h6-10,14-15,17-19,21H,5,11-13,26H2,1-4H3,(H,27,32)(H,28,33)(H,29,34)(H,30,31)(H,35,36). The summed E-state index contributed by atoms with van der Waals surface area (Å²) in [6.07, 6.45) is 0.138. The van der Waals surface area contributed by atoms with Gasteiger partial charge in [-0.15, -0.1) is 0 Å². The number of carboxylic acid groups (broad SMARTS) is 2. The van der Waals surface area contributed by atoms with E-state index < -0.39 is 66.2 Å². The van der Waals surface area contributed by atoms with Gasteiger partial charge in [-0.25, -0.2) is 4.79 Å². The summed E-state index contributed by atoms with van der Waals surface area (Å²) in [6, 6.07) is 4.00. The van der Waals surface area contributed by atoms with Crippen LogP contribution in [0.15, 0.2) is 30.3 Å². The molecule has 0 heterocycles. The van der Waals surface area contributed by atoms with Gasteiger partial charge in [0.2, 0.25) is 17.7 Å². The van der Waals surface area contributed by atoms with Crippen LogP contribution in [0.3, 0.4) is 0 Å². The van der Waals surface area contributed by atoms with E-state index in [1.165, 1.54) is 0 Å². The molecule has 0 saturated carbocycles. The molecule has 0 saturated heterocycles. The van der Waals surface area contributed by atoms with Crippen molar-refractivity contribution < 1.29 is 34.2 Å². The zero-order valence-corrected chi connectivity index (χ0v) is 21.2. The molecule has 1 aromatic carbocycles. The summed E-state index contributed by atoms with van der Waals surface area (Å²) in [5, 5.41) is 26.0. The van der Waals surface area contributed by atoms with Crippen molar-refractivity contribution in [1.29, 1.82) is 0 Å². The second kappa shape index (κ2) is 14.8. The average Bonchev–Trinajstić information content (AvgIpc) is 2.80. The summed E-state index contributed by atoms with van der Waals surface area (Å²) in [5.74, 6) is -5.22. The maximum atomic E-state index is 13.2. The molecule has 0 aliphatic carbocycles. The maximum Gasteiger partial charge on any atom is 0.326 e. The summed E-state index contributed by atoms with van der Waals surface area (Å²) in [6.45, 7) is 7.19. The molecule has 11 nitrogen and oxygen atoms in total. The third-order valence-corrected chi connectivity index (χ3v) is 5.77. The number of carbonyl (C=O) groups is 5. The molecule has 0 spiro atoms. The third-order valence-electron chi connectivity index (χ3n) is 5.77. The fourth-order valence-electron chi connectivity index (χ4n) is 3.55. The minimum atomic E-state index is -1.56. The van der Waals surface area contributed by atoms with Gasteiger partial charge in [0, 0.05) is 6.42 Å². The van der Waals surface area contributed by atoms with E-state index in [9.17, 15) is 34.2 Å². The topological polar surface area (TPSA) is 188 Å². The van der Waals surface area contributed by atoms with Crippen molar-refractivity contribution in [3.05, 3.63) is 35.9 Å². The van der Waals surface area contributed by atoms with Gasteiger partial charge in [-0.05, 0) is 23.8 Å². The van der Waals surface area contributed by atoms with Crippen LogP contribution in [0, 0.1) is 11.8 Å². The van der Waals surface area contributed by atoms with E-state index >= 15 is 0 Å². The SMILES string of the molecule is CCC(C)C(NC(=O)C(CC(=O)O)NC(=O)C(Cc1ccccc1)NC(=O)C(N)CC(C)C)C(=O)O. The molecule has 5 atom stereocenters. The van der Waals surface area contributed by atoms with Gasteiger partial charge in [-0.2, -0.15) is 0 Å². The van der Waals surface area contributed by atoms with E-state index in [2.05, 4.69) is 16.0 Å². The summed E-state index contributed by atoms with van der Waals surface area (Å²) < 4.78 is 0. The molecule has 0 aliphatic rings. The first-order valence-electron chi connectivity index (χ1n) is 12.0. The molecule has 36 heavy (non-hydrogen) atoms. The van der Waals surface area contributed by atoms with Crippen LogP contribution < -0.4 is 21.7 Å². The van der Waals surface area contributed by atoms with Crippen molar-refractivity contribution in [2.24, 2.45) is 17.6 Å². The van der Waals surface area contributed by atoms with E-state index in [1.807, 2.05) is 13.8 Å². The number of aliphatic carboxylic acids is 2. The molecular weight excluding hydrogens is 468 g/mol. The number of carboxylic acids is 2. The first-order chi connectivity index (χ1) is 16.8. The second-order valence-electron chi connectivity index (χ2n) is 9.36. The lowest BCUT2D eigenvalue weighted by molar-refractivity contribution is -0.144. The highest BCUT2D eigenvalue weighted by Crippen LogP contribution is 2.10. The first-order valence-corrected chi connectivity index (χ1v) is 12.0. The van der Waals surface area contributed by atoms with Crippen LogP contribution in [-0.4, -0.2) is 64.0 Å².